The Hall–Kier alpha value is -0.570. The van der Waals surface area contributed by atoms with Gasteiger partial charge in [0.2, 0.25) is 5.91 Å². The van der Waals surface area contributed by atoms with Crippen LogP contribution in [0, 0.1) is 11.8 Å². The van der Waals surface area contributed by atoms with Crippen molar-refractivity contribution in [3.8, 4) is 0 Å². The Balaban J connectivity index is 1.69. The van der Waals surface area contributed by atoms with Crippen LogP contribution in [0.1, 0.15) is 51.4 Å². The van der Waals surface area contributed by atoms with Crippen LogP contribution in [0.5, 0.6) is 0 Å². The molecule has 3 fully saturated rings. The standard InChI is InChI=1S/C14H24N2O/c15-12-6-3-5-11(12)14(17)16-9-8-10-4-1-2-7-13(10)16/h10-13H,1-9,15H2. The van der Waals surface area contributed by atoms with E-state index in [9.17, 15) is 4.79 Å². The molecule has 0 aromatic heterocycles. The largest absolute Gasteiger partial charge is 0.339 e. The van der Waals surface area contributed by atoms with Crippen LogP contribution in [0.4, 0.5) is 0 Å². The number of fused-ring (bicyclic) bond motifs is 1. The average molecular weight is 236 g/mol. The Morgan fingerprint density at radius 3 is 2.59 bits per heavy atom. The maximum absolute atomic E-state index is 12.6. The van der Waals surface area contributed by atoms with Gasteiger partial charge in [-0.1, -0.05) is 19.3 Å². The molecule has 2 N–H and O–H groups in total. The first-order chi connectivity index (χ1) is 8.27. The van der Waals surface area contributed by atoms with Crippen molar-refractivity contribution in [3.05, 3.63) is 0 Å². The van der Waals surface area contributed by atoms with Crippen LogP contribution >= 0.6 is 0 Å². The Morgan fingerprint density at radius 1 is 1.00 bits per heavy atom. The van der Waals surface area contributed by atoms with E-state index in [0.717, 1.165) is 31.7 Å². The lowest BCUT2D eigenvalue weighted by molar-refractivity contribution is -0.137. The first-order valence-corrected chi connectivity index (χ1v) is 7.33. The SMILES string of the molecule is NC1CCCC1C(=O)N1CCC2CCCCC21. The Kier molecular flexibility index (Phi) is 3.12. The van der Waals surface area contributed by atoms with Gasteiger partial charge in [-0.3, -0.25) is 4.79 Å². The number of hydrogen-bond acceptors (Lipinski definition) is 2. The predicted octanol–water partition coefficient (Wildman–Crippen LogP) is 1.90. The number of nitrogens with zero attached hydrogens (tertiary/aromatic N) is 1. The van der Waals surface area contributed by atoms with E-state index in [1.54, 1.807) is 0 Å². The summed E-state index contributed by atoms with van der Waals surface area (Å²) in [7, 11) is 0. The van der Waals surface area contributed by atoms with Crippen LogP contribution in [0.2, 0.25) is 0 Å². The van der Waals surface area contributed by atoms with Crippen LogP contribution in [-0.2, 0) is 4.79 Å². The van der Waals surface area contributed by atoms with Gasteiger partial charge in [-0.2, -0.15) is 0 Å². The molecule has 1 amide bonds. The number of amides is 1. The highest BCUT2D eigenvalue weighted by Crippen LogP contribution is 2.38. The Morgan fingerprint density at radius 2 is 1.82 bits per heavy atom. The second kappa shape index (κ2) is 4.60. The monoisotopic (exact) mass is 236 g/mol. The summed E-state index contributed by atoms with van der Waals surface area (Å²) < 4.78 is 0. The molecule has 96 valence electrons. The number of hydrogen-bond donors (Lipinski definition) is 1. The van der Waals surface area contributed by atoms with Crippen LogP contribution in [0.15, 0.2) is 0 Å². The van der Waals surface area contributed by atoms with Gasteiger partial charge in [0.15, 0.2) is 0 Å². The van der Waals surface area contributed by atoms with Crippen LogP contribution in [-0.4, -0.2) is 29.4 Å². The Labute approximate surface area is 104 Å². The van der Waals surface area contributed by atoms with Crippen molar-refractivity contribution in [2.24, 2.45) is 17.6 Å². The summed E-state index contributed by atoms with van der Waals surface area (Å²) in [6.07, 6.45) is 9.68. The van der Waals surface area contributed by atoms with E-state index >= 15 is 0 Å². The first kappa shape index (κ1) is 11.5. The normalized spacial score (nSPS) is 41.6. The van der Waals surface area contributed by atoms with Gasteiger partial charge in [-0.25, -0.2) is 0 Å². The molecule has 0 bridgehead atoms. The number of likely N-dealkylation sites (tertiary alicyclic amines) is 1. The lowest BCUT2D eigenvalue weighted by Gasteiger charge is -2.33. The van der Waals surface area contributed by atoms with Crippen LogP contribution < -0.4 is 5.73 Å². The van der Waals surface area contributed by atoms with E-state index in [-0.39, 0.29) is 12.0 Å². The number of carbonyl (C=O) groups excluding carboxylic acids is 1. The summed E-state index contributed by atoms with van der Waals surface area (Å²) in [6.45, 7) is 0.997. The van der Waals surface area contributed by atoms with Crippen molar-refractivity contribution in [2.45, 2.75) is 63.5 Å². The number of rotatable bonds is 1. The minimum Gasteiger partial charge on any atom is -0.339 e. The number of nitrogens with two attached hydrogens (primary N) is 1. The summed E-state index contributed by atoms with van der Waals surface area (Å²) >= 11 is 0. The van der Waals surface area contributed by atoms with Crippen LogP contribution in [0.3, 0.4) is 0 Å². The summed E-state index contributed by atoms with van der Waals surface area (Å²) in [5, 5.41) is 0. The molecule has 0 spiro atoms. The maximum atomic E-state index is 12.6. The smallest absolute Gasteiger partial charge is 0.227 e. The van der Waals surface area contributed by atoms with Gasteiger partial charge < -0.3 is 10.6 Å². The first-order valence-electron chi connectivity index (χ1n) is 7.33. The van der Waals surface area contributed by atoms with E-state index < -0.39 is 0 Å². The fourth-order valence-corrected chi connectivity index (χ4v) is 4.19. The maximum Gasteiger partial charge on any atom is 0.227 e. The minimum absolute atomic E-state index is 0.130. The zero-order valence-electron chi connectivity index (χ0n) is 10.6. The van der Waals surface area contributed by atoms with Crippen LogP contribution in [0.25, 0.3) is 0 Å². The third-order valence-corrected chi connectivity index (χ3v) is 5.18. The molecule has 3 nitrogen and oxygen atoms in total. The number of carbonyl (C=O) groups is 1. The highest BCUT2D eigenvalue weighted by atomic mass is 16.2. The van der Waals surface area contributed by atoms with Crippen molar-refractivity contribution in [1.29, 1.82) is 0 Å². The molecule has 0 aromatic carbocycles. The summed E-state index contributed by atoms with van der Waals surface area (Å²) in [5.41, 5.74) is 6.07. The summed E-state index contributed by atoms with van der Waals surface area (Å²) in [4.78, 5) is 14.8. The van der Waals surface area contributed by atoms with E-state index in [0.29, 0.717) is 11.9 Å². The molecule has 4 atom stereocenters. The second-order valence-corrected chi connectivity index (χ2v) is 6.13. The van der Waals surface area contributed by atoms with Crippen molar-refractivity contribution in [1.82, 2.24) is 4.90 Å². The molecule has 3 heteroatoms. The fraction of sp³-hybridized carbons (Fsp3) is 0.929. The van der Waals surface area contributed by atoms with E-state index in [2.05, 4.69) is 4.90 Å². The molecule has 1 aliphatic heterocycles. The zero-order valence-corrected chi connectivity index (χ0v) is 10.6. The van der Waals surface area contributed by atoms with Gasteiger partial charge in [-0.15, -0.1) is 0 Å². The molecule has 17 heavy (non-hydrogen) atoms. The molecular formula is C14H24N2O. The molecule has 3 rings (SSSR count). The van der Waals surface area contributed by atoms with Gasteiger partial charge in [0.05, 0.1) is 5.92 Å². The third kappa shape index (κ3) is 1.99. The van der Waals surface area contributed by atoms with Gasteiger partial charge in [0.1, 0.15) is 0 Å². The quantitative estimate of drug-likeness (QED) is 0.756. The molecule has 1 heterocycles. The van der Waals surface area contributed by atoms with E-state index in [1.807, 2.05) is 0 Å². The van der Waals surface area contributed by atoms with Gasteiger partial charge in [0.25, 0.3) is 0 Å². The predicted molar refractivity (Wildman–Crippen MR) is 67.4 cm³/mol. The molecule has 0 radical (unpaired) electrons. The Bertz CT molecular complexity index is 305. The molecular weight excluding hydrogens is 212 g/mol. The summed E-state index contributed by atoms with van der Waals surface area (Å²) in [5.74, 6) is 1.31. The van der Waals surface area contributed by atoms with Crippen molar-refractivity contribution in [2.75, 3.05) is 6.54 Å². The van der Waals surface area contributed by atoms with Gasteiger partial charge in [-0.05, 0) is 38.0 Å². The van der Waals surface area contributed by atoms with Gasteiger partial charge in [0, 0.05) is 18.6 Å². The fourth-order valence-electron chi connectivity index (χ4n) is 4.19. The molecule has 3 aliphatic rings. The summed E-state index contributed by atoms with van der Waals surface area (Å²) in [6, 6.07) is 0.689. The molecule has 2 aliphatic carbocycles. The van der Waals surface area contributed by atoms with E-state index in [4.69, 9.17) is 5.73 Å². The van der Waals surface area contributed by atoms with Crippen molar-refractivity contribution in [3.63, 3.8) is 0 Å². The topological polar surface area (TPSA) is 46.3 Å². The van der Waals surface area contributed by atoms with Gasteiger partial charge >= 0.3 is 0 Å². The second-order valence-electron chi connectivity index (χ2n) is 6.13. The molecule has 1 saturated heterocycles. The van der Waals surface area contributed by atoms with Crippen molar-refractivity contribution < 1.29 is 4.79 Å². The minimum atomic E-state index is 0.130. The molecule has 2 saturated carbocycles. The highest BCUT2D eigenvalue weighted by molar-refractivity contribution is 5.80. The molecule has 0 aromatic rings. The highest BCUT2D eigenvalue weighted by Gasteiger charge is 2.42. The lowest BCUT2D eigenvalue weighted by Crippen LogP contribution is -2.45. The lowest BCUT2D eigenvalue weighted by atomic mass is 9.85. The molecule has 4 unspecified atom stereocenters. The van der Waals surface area contributed by atoms with E-state index in [1.165, 1.54) is 32.1 Å². The van der Waals surface area contributed by atoms with Crippen molar-refractivity contribution >= 4 is 5.91 Å². The average Bonchev–Trinajstić information content (AvgIpc) is 2.94. The third-order valence-electron chi connectivity index (χ3n) is 5.18. The zero-order chi connectivity index (χ0) is 11.8.